The SMILES string of the molecule is COCCNC(=O)[C@H](C)OC(=O)c1ccc(OC(C)C)cc1. The number of esters is 1. The summed E-state index contributed by atoms with van der Waals surface area (Å²) in [6.07, 6.45) is -0.801. The molecule has 0 aliphatic heterocycles. The molecule has 1 rings (SSSR count). The van der Waals surface area contributed by atoms with E-state index >= 15 is 0 Å². The Bertz CT molecular complexity index is 484. The van der Waals surface area contributed by atoms with Crippen molar-refractivity contribution in [1.29, 1.82) is 0 Å². The van der Waals surface area contributed by atoms with Crippen molar-refractivity contribution in [2.24, 2.45) is 0 Å². The van der Waals surface area contributed by atoms with Crippen molar-refractivity contribution < 1.29 is 23.8 Å². The zero-order chi connectivity index (χ0) is 16.5. The molecule has 0 radical (unpaired) electrons. The number of nitrogens with one attached hydrogen (secondary N) is 1. The van der Waals surface area contributed by atoms with E-state index in [1.807, 2.05) is 13.8 Å². The molecule has 22 heavy (non-hydrogen) atoms. The second-order valence-electron chi connectivity index (χ2n) is 5.02. The molecule has 1 aromatic rings. The number of ether oxygens (including phenoxy) is 3. The summed E-state index contributed by atoms with van der Waals surface area (Å²) in [4.78, 5) is 23.7. The third-order valence-electron chi connectivity index (χ3n) is 2.72. The maximum absolute atomic E-state index is 12.0. The van der Waals surface area contributed by atoms with Gasteiger partial charge in [0.1, 0.15) is 5.75 Å². The third-order valence-corrected chi connectivity index (χ3v) is 2.72. The highest BCUT2D eigenvalue weighted by Crippen LogP contribution is 2.15. The number of benzene rings is 1. The topological polar surface area (TPSA) is 73.9 Å². The Morgan fingerprint density at radius 1 is 1.14 bits per heavy atom. The Kier molecular flexibility index (Phi) is 7.39. The van der Waals surface area contributed by atoms with Crippen LogP contribution in [-0.2, 0) is 14.3 Å². The lowest BCUT2D eigenvalue weighted by atomic mass is 10.2. The van der Waals surface area contributed by atoms with Gasteiger partial charge in [0.2, 0.25) is 0 Å². The van der Waals surface area contributed by atoms with Gasteiger partial charge in [-0.1, -0.05) is 0 Å². The van der Waals surface area contributed by atoms with E-state index in [0.717, 1.165) is 0 Å². The van der Waals surface area contributed by atoms with Crippen LogP contribution in [0, 0.1) is 0 Å². The fraction of sp³-hybridized carbons (Fsp3) is 0.500. The van der Waals surface area contributed by atoms with Gasteiger partial charge in [-0.2, -0.15) is 0 Å². The average molecular weight is 309 g/mol. The first-order valence-corrected chi connectivity index (χ1v) is 7.18. The molecule has 0 aliphatic rings. The first-order chi connectivity index (χ1) is 10.4. The molecule has 1 aromatic carbocycles. The molecule has 122 valence electrons. The van der Waals surface area contributed by atoms with Crippen LogP contribution in [0.1, 0.15) is 31.1 Å². The molecule has 0 bridgehead atoms. The summed E-state index contributed by atoms with van der Waals surface area (Å²) in [6.45, 7) is 6.15. The van der Waals surface area contributed by atoms with Gasteiger partial charge in [-0.25, -0.2) is 4.79 Å². The Labute approximate surface area is 130 Å². The standard InChI is InChI=1S/C16H23NO5/c1-11(2)21-14-7-5-13(6-8-14)16(19)22-12(3)15(18)17-9-10-20-4/h5-8,11-12H,9-10H2,1-4H3,(H,17,18)/t12-/m0/s1. The van der Waals surface area contributed by atoms with Crippen molar-refractivity contribution >= 4 is 11.9 Å². The van der Waals surface area contributed by atoms with Crippen molar-refractivity contribution in [3.05, 3.63) is 29.8 Å². The van der Waals surface area contributed by atoms with E-state index in [-0.39, 0.29) is 12.0 Å². The summed E-state index contributed by atoms with van der Waals surface area (Å²) in [7, 11) is 1.54. The molecular formula is C16H23NO5. The smallest absolute Gasteiger partial charge is 0.338 e. The number of hydrogen-bond acceptors (Lipinski definition) is 5. The summed E-state index contributed by atoms with van der Waals surface area (Å²) in [5, 5.41) is 2.61. The first kappa shape index (κ1) is 18.0. The predicted molar refractivity (Wildman–Crippen MR) is 82.0 cm³/mol. The molecule has 0 aromatic heterocycles. The second kappa shape index (κ2) is 9.04. The van der Waals surface area contributed by atoms with E-state index < -0.39 is 12.1 Å². The minimum absolute atomic E-state index is 0.0635. The fourth-order valence-corrected chi connectivity index (χ4v) is 1.64. The van der Waals surface area contributed by atoms with Crippen molar-refractivity contribution in [3.8, 4) is 5.75 Å². The Morgan fingerprint density at radius 2 is 1.77 bits per heavy atom. The summed E-state index contributed by atoms with van der Waals surface area (Å²) < 4.78 is 15.4. The zero-order valence-electron chi connectivity index (χ0n) is 13.4. The quantitative estimate of drug-likeness (QED) is 0.585. The summed E-state index contributed by atoms with van der Waals surface area (Å²) in [6, 6.07) is 6.60. The van der Waals surface area contributed by atoms with Crippen LogP contribution in [0.15, 0.2) is 24.3 Å². The van der Waals surface area contributed by atoms with Crippen LogP contribution >= 0.6 is 0 Å². The molecule has 0 heterocycles. The minimum atomic E-state index is -0.865. The van der Waals surface area contributed by atoms with Crippen LogP contribution in [-0.4, -0.2) is 44.3 Å². The number of carbonyl (C=O) groups excluding carboxylic acids is 2. The Morgan fingerprint density at radius 3 is 2.32 bits per heavy atom. The molecular weight excluding hydrogens is 286 g/mol. The normalized spacial score (nSPS) is 11.9. The third kappa shape index (κ3) is 6.13. The van der Waals surface area contributed by atoms with Crippen molar-refractivity contribution in [2.45, 2.75) is 33.0 Å². The van der Waals surface area contributed by atoms with Gasteiger partial charge in [0.15, 0.2) is 6.10 Å². The molecule has 0 saturated heterocycles. The van der Waals surface area contributed by atoms with Crippen LogP contribution < -0.4 is 10.1 Å². The predicted octanol–water partition coefficient (Wildman–Crippen LogP) is 1.78. The lowest BCUT2D eigenvalue weighted by molar-refractivity contribution is -0.129. The van der Waals surface area contributed by atoms with Crippen LogP contribution in [0.25, 0.3) is 0 Å². The van der Waals surface area contributed by atoms with Gasteiger partial charge in [0, 0.05) is 13.7 Å². The molecule has 0 fully saturated rings. The number of hydrogen-bond donors (Lipinski definition) is 1. The van der Waals surface area contributed by atoms with E-state index in [2.05, 4.69) is 5.32 Å². The van der Waals surface area contributed by atoms with Crippen molar-refractivity contribution in [2.75, 3.05) is 20.3 Å². The fourth-order valence-electron chi connectivity index (χ4n) is 1.64. The van der Waals surface area contributed by atoms with Gasteiger partial charge in [0.05, 0.1) is 18.3 Å². The number of rotatable bonds is 8. The molecule has 0 unspecified atom stereocenters. The summed E-state index contributed by atoms with van der Waals surface area (Å²) in [5.41, 5.74) is 0.368. The van der Waals surface area contributed by atoms with Gasteiger partial charge in [0.25, 0.3) is 5.91 Å². The van der Waals surface area contributed by atoms with Gasteiger partial charge in [-0.05, 0) is 45.0 Å². The molecule has 0 aliphatic carbocycles. The highest BCUT2D eigenvalue weighted by Gasteiger charge is 2.18. The second-order valence-corrected chi connectivity index (χ2v) is 5.02. The monoisotopic (exact) mass is 309 g/mol. The summed E-state index contributed by atoms with van der Waals surface area (Å²) >= 11 is 0. The first-order valence-electron chi connectivity index (χ1n) is 7.18. The maximum Gasteiger partial charge on any atom is 0.338 e. The van der Waals surface area contributed by atoms with E-state index in [4.69, 9.17) is 14.2 Å². The molecule has 0 spiro atoms. The van der Waals surface area contributed by atoms with Gasteiger partial charge in [-0.3, -0.25) is 4.79 Å². The molecule has 1 atom stereocenters. The number of amides is 1. The van der Waals surface area contributed by atoms with E-state index in [1.165, 1.54) is 6.92 Å². The summed E-state index contributed by atoms with van der Waals surface area (Å²) in [5.74, 6) is -0.229. The van der Waals surface area contributed by atoms with E-state index in [0.29, 0.717) is 24.5 Å². The van der Waals surface area contributed by atoms with Gasteiger partial charge < -0.3 is 19.5 Å². The number of carbonyl (C=O) groups is 2. The average Bonchev–Trinajstić information content (AvgIpc) is 2.47. The molecule has 1 N–H and O–H groups in total. The van der Waals surface area contributed by atoms with Crippen molar-refractivity contribution in [1.82, 2.24) is 5.32 Å². The van der Waals surface area contributed by atoms with E-state index in [9.17, 15) is 9.59 Å². The van der Waals surface area contributed by atoms with Crippen LogP contribution in [0.2, 0.25) is 0 Å². The lowest BCUT2D eigenvalue weighted by Crippen LogP contribution is -2.37. The van der Waals surface area contributed by atoms with Crippen LogP contribution in [0.3, 0.4) is 0 Å². The minimum Gasteiger partial charge on any atom is -0.491 e. The molecule has 1 amide bonds. The van der Waals surface area contributed by atoms with Crippen molar-refractivity contribution in [3.63, 3.8) is 0 Å². The lowest BCUT2D eigenvalue weighted by Gasteiger charge is -2.14. The largest absolute Gasteiger partial charge is 0.491 e. The maximum atomic E-state index is 12.0. The highest BCUT2D eigenvalue weighted by molar-refractivity contribution is 5.92. The van der Waals surface area contributed by atoms with Crippen LogP contribution in [0.5, 0.6) is 5.75 Å². The van der Waals surface area contributed by atoms with Crippen LogP contribution in [0.4, 0.5) is 0 Å². The van der Waals surface area contributed by atoms with Gasteiger partial charge in [-0.15, -0.1) is 0 Å². The van der Waals surface area contributed by atoms with E-state index in [1.54, 1.807) is 31.4 Å². The molecule has 0 saturated carbocycles. The Hall–Kier alpha value is -2.08. The molecule has 6 heteroatoms. The zero-order valence-corrected chi connectivity index (χ0v) is 13.4. The molecule has 6 nitrogen and oxygen atoms in total. The highest BCUT2D eigenvalue weighted by atomic mass is 16.5. The Balaban J connectivity index is 2.51. The number of methoxy groups -OCH3 is 1. The van der Waals surface area contributed by atoms with Gasteiger partial charge >= 0.3 is 5.97 Å².